The van der Waals surface area contributed by atoms with Crippen LogP contribution in [-0.4, -0.2) is 17.8 Å². The minimum absolute atomic E-state index is 0.279. The van der Waals surface area contributed by atoms with Crippen LogP contribution in [0, 0.1) is 5.92 Å². The Morgan fingerprint density at radius 2 is 2.00 bits per heavy atom. The largest absolute Gasteiger partial charge is 0.396 e. The minimum Gasteiger partial charge on any atom is -0.396 e. The lowest BCUT2D eigenvalue weighted by Gasteiger charge is -2.18. The Morgan fingerprint density at radius 3 is 2.57 bits per heavy atom. The van der Waals surface area contributed by atoms with Gasteiger partial charge in [0.1, 0.15) is 0 Å². The Morgan fingerprint density at radius 1 is 1.29 bits per heavy atom. The fraction of sp³-hybridized carbons (Fsp3) is 0.500. The van der Waals surface area contributed by atoms with Crippen molar-refractivity contribution in [1.29, 1.82) is 0 Å². The Balaban J connectivity index is 1.93. The molecule has 1 aromatic rings. The van der Waals surface area contributed by atoms with Crippen LogP contribution in [0.5, 0.6) is 0 Å². The molecule has 2 nitrogen and oxygen atoms in total. The third kappa shape index (κ3) is 2.48. The van der Waals surface area contributed by atoms with E-state index in [1.165, 1.54) is 12.8 Å². The number of anilines is 1. The zero-order chi connectivity index (χ0) is 9.80. The van der Waals surface area contributed by atoms with Gasteiger partial charge in [-0.3, -0.25) is 0 Å². The summed E-state index contributed by atoms with van der Waals surface area (Å²) < 4.78 is 0. The van der Waals surface area contributed by atoms with E-state index < -0.39 is 0 Å². The second-order valence-electron chi connectivity index (χ2n) is 3.97. The number of rotatable bonds is 5. The van der Waals surface area contributed by atoms with E-state index >= 15 is 0 Å². The van der Waals surface area contributed by atoms with Crippen LogP contribution in [0.3, 0.4) is 0 Å². The predicted molar refractivity (Wildman–Crippen MR) is 58.3 cm³/mol. The fourth-order valence-corrected chi connectivity index (χ4v) is 1.81. The molecule has 0 aliphatic heterocycles. The van der Waals surface area contributed by atoms with E-state index in [-0.39, 0.29) is 6.61 Å². The fourth-order valence-electron chi connectivity index (χ4n) is 1.81. The van der Waals surface area contributed by atoms with Crippen molar-refractivity contribution >= 4 is 5.69 Å². The number of nitrogens with one attached hydrogen (secondary N) is 1. The van der Waals surface area contributed by atoms with E-state index in [2.05, 4.69) is 17.4 Å². The van der Waals surface area contributed by atoms with Crippen LogP contribution in [0.2, 0.25) is 0 Å². The lowest BCUT2D eigenvalue weighted by atomic mass is 10.1. The van der Waals surface area contributed by atoms with Gasteiger partial charge in [0.25, 0.3) is 0 Å². The van der Waals surface area contributed by atoms with Crippen molar-refractivity contribution in [3.8, 4) is 0 Å². The van der Waals surface area contributed by atoms with Crippen LogP contribution in [0.15, 0.2) is 30.3 Å². The summed E-state index contributed by atoms with van der Waals surface area (Å²) >= 11 is 0. The predicted octanol–water partition coefficient (Wildman–Crippen LogP) is 2.26. The molecule has 0 aromatic heterocycles. The molecule has 0 bridgehead atoms. The van der Waals surface area contributed by atoms with Crippen LogP contribution in [0.1, 0.15) is 19.3 Å². The highest BCUT2D eigenvalue weighted by atomic mass is 16.3. The van der Waals surface area contributed by atoms with Gasteiger partial charge in [-0.25, -0.2) is 0 Å². The molecule has 1 saturated carbocycles. The molecule has 0 radical (unpaired) electrons. The molecular weight excluding hydrogens is 174 g/mol. The van der Waals surface area contributed by atoms with Crippen LogP contribution in [0.25, 0.3) is 0 Å². The summed E-state index contributed by atoms with van der Waals surface area (Å²) in [5.74, 6) is 0.780. The summed E-state index contributed by atoms with van der Waals surface area (Å²) in [5.41, 5.74) is 1.16. The lowest BCUT2D eigenvalue weighted by Crippen LogP contribution is -2.23. The SMILES string of the molecule is OCCC(Nc1ccccc1)C1CC1. The maximum Gasteiger partial charge on any atom is 0.0450 e. The van der Waals surface area contributed by atoms with Gasteiger partial charge in [-0.2, -0.15) is 0 Å². The van der Waals surface area contributed by atoms with E-state index in [9.17, 15) is 0 Å². The van der Waals surface area contributed by atoms with Gasteiger partial charge in [-0.1, -0.05) is 18.2 Å². The zero-order valence-electron chi connectivity index (χ0n) is 8.32. The molecule has 1 aliphatic carbocycles. The van der Waals surface area contributed by atoms with Crippen molar-refractivity contribution < 1.29 is 5.11 Å². The molecule has 2 heteroatoms. The standard InChI is InChI=1S/C12H17NO/c14-9-8-12(10-6-7-10)13-11-4-2-1-3-5-11/h1-5,10,12-14H,6-9H2. The number of aliphatic hydroxyl groups is 1. The van der Waals surface area contributed by atoms with E-state index in [1.54, 1.807) is 0 Å². The molecule has 1 aliphatic rings. The second-order valence-corrected chi connectivity index (χ2v) is 3.97. The maximum atomic E-state index is 8.95. The number of hydrogen-bond donors (Lipinski definition) is 2. The van der Waals surface area contributed by atoms with Gasteiger partial charge in [0.15, 0.2) is 0 Å². The zero-order valence-corrected chi connectivity index (χ0v) is 8.32. The van der Waals surface area contributed by atoms with Crippen molar-refractivity contribution in [3.63, 3.8) is 0 Å². The molecule has 1 atom stereocenters. The van der Waals surface area contributed by atoms with Gasteiger partial charge < -0.3 is 10.4 Å². The van der Waals surface area contributed by atoms with Crippen LogP contribution < -0.4 is 5.32 Å². The number of para-hydroxylation sites is 1. The molecule has 0 amide bonds. The van der Waals surface area contributed by atoms with Crippen LogP contribution in [0.4, 0.5) is 5.69 Å². The topological polar surface area (TPSA) is 32.3 Å². The third-order valence-electron chi connectivity index (χ3n) is 2.76. The first-order chi connectivity index (χ1) is 6.90. The molecular formula is C12H17NO. The molecule has 14 heavy (non-hydrogen) atoms. The first-order valence-corrected chi connectivity index (χ1v) is 5.32. The molecule has 1 unspecified atom stereocenters. The maximum absolute atomic E-state index is 8.95. The quantitative estimate of drug-likeness (QED) is 0.748. The van der Waals surface area contributed by atoms with Gasteiger partial charge in [-0.15, -0.1) is 0 Å². The van der Waals surface area contributed by atoms with Crippen LogP contribution >= 0.6 is 0 Å². The molecule has 1 aromatic carbocycles. The second kappa shape index (κ2) is 4.47. The van der Waals surface area contributed by atoms with Gasteiger partial charge in [0, 0.05) is 18.3 Å². The summed E-state index contributed by atoms with van der Waals surface area (Å²) in [6.07, 6.45) is 3.48. The monoisotopic (exact) mass is 191 g/mol. The van der Waals surface area contributed by atoms with Crippen molar-refractivity contribution in [2.75, 3.05) is 11.9 Å². The van der Waals surface area contributed by atoms with Gasteiger partial charge in [-0.05, 0) is 37.3 Å². The van der Waals surface area contributed by atoms with Crippen molar-refractivity contribution in [2.24, 2.45) is 5.92 Å². The van der Waals surface area contributed by atoms with Crippen molar-refractivity contribution in [3.05, 3.63) is 30.3 Å². The lowest BCUT2D eigenvalue weighted by molar-refractivity contribution is 0.274. The van der Waals surface area contributed by atoms with Crippen molar-refractivity contribution in [2.45, 2.75) is 25.3 Å². The third-order valence-corrected chi connectivity index (χ3v) is 2.76. The Bertz CT molecular complexity index is 269. The van der Waals surface area contributed by atoms with Crippen molar-refractivity contribution in [1.82, 2.24) is 0 Å². The van der Waals surface area contributed by atoms with Gasteiger partial charge >= 0.3 is 0 Å². The highest BCUT2D eigenvalue weighted by Gasteiger charge is 2.30. The molecule has 1 fully saturated rings. The Kier molecular flexibility index (Phi) is 3.04. The van der Waals surface area contributed by atoms with E-state index in [1.807, 2.05) is 18.2 Å². The average Bonchev–Trinajstić information content (AvgIpc) is 3.02. The smallest absolute Gasteiger partial charge is 0.0450 e. The Hall–Kier alpha value is -1.02. The summed E-state index contributed by atoms with van der Waals surface area (Å²) in [6, 6.07) is 10.7. The number of aliphatic hydroxyl groups excluding tert-OH is 1. The van der Waals surface area contributed by atoms with Gasteiger partial charge in [0.2, 0.25) is 0 Å². The molecule has 2 rings (SSSR count). The van der Waals surface area contributed by atoms with Crippen LogP contribution in [-0.2, 0) is 0 Å². The minimum atomic E-state index is 0.279. The summed E-state index contributed by atoms with van der Waals surface area (Å²) in [7, 11) is 0. The average molecular weight is 191 g/mol. The molecule has 0 spiro atoms. The molecule has 2 N–H and O–H groups in total. The normalized spacial score (nSPS) is 17.8. The Labute approximate surface area is 85.0 Å². The summed E-state index contributed by atoms with van der Waals surface area (Å²) in [6.45, 7) is 0.279. The molecule has 0 heterocycles. The molecule has 76 valence electrons. The van der Waals surface area contributed by atoms with Gasteiger partial charge in [0.05, 0.1) is 0 Å². The number of benzene rings is 1. The first kappa shape index (κ1) is 9.53. The highest BCUT2D eigenvalue weighted by Crippen LogP contribution is 2.35. The summed E-state index contributed by atoms with van der Waals surface area (Å²) in [5, 5.41) is 12.4. The number of hydrogen-bond acceptors (Lipinski definition) is 2. The van der Waals surface area contributed by atoms with E-state index in [4.69, 9.17) is 5.11 Å². The summed E-state index contributed by atoms with van der Waals surface area (Å²) in [4.78, 5) is 0. The van der Waals surface area contributed by atoms with E-state index in [0.717, 1.165) is 18.0 Å². The molecule has 0 saturated heterocycles. The van der Waals surface area contributed by atoms with E-state index in [0.29, 0.717) is 6.04 Å². The first-order valence-electron chi connectivity index (χ1n) is 5.32. The highest BCUT2D eigenvalue weighted by molar-refractivity contribution is 5.43.